The van der Waals surface area contributed by atoms with E-state index in [0.29, 0.717) is 6.54 Å². The molecule has 1 fully saturated rings. The molecule has 0 aliphatic carbocycles. The molecule has 0 aromatic heterocycles. The molecule has 1 aliphatic heterocycles. The van der Waals surface area contributed by atoms with Crippen molar-refractivity contribution in [3.8, 4) is 0 Å². The second-order valence-corrected chi connectivity index (χ2v) is 4.76. The molecule has 108 valence electrons. The number of morpholine rings is 1. The highest BCUT2D eigenvalue weighted by Gasteiger charge is 2.23. The van der Waals surface area contributed by atoms with E-state index in [9.17, 15) is 4.79 Å². The minimum absolute atomic E-state index is 0.0656. The van der Waals surface area contributed by atoms with Crippen LogP contribution in [0.1, 0.15) is 34.6 Å². The van der Waals surface area contributed by atoms with Gasteiger partial charge in [-0.3, -0.25) is 9.69 Å². The van der Waals surface area contributed by atoms with Gasteiger partial charge in [-0.1, -0.05) is 34.6 Å². The Balaban J connectivity index is 0.00000137. The normalized spacial score (nSPS) is 20.3. The average molecular weight is 258 g/mol. The number of amides is 1. The maximum absolute atomic E-state index is 11.7. The summed E-state index contributed by atoms with van der Waals surface area (Å²) in [6, 6.07) is 0. The SMILES string of the molecule is CC.CCN1CCOC(CN(C)C(=O)C(C)C)C1. The summed E-state index contributed by atoms with van der Waals surface area (Å²) in [5.74, 6) is 0.257. The zero-order valence-electron chi connectivity index (χ0n) is 12.9. The molecule has 4 nitrogen and oxygen atoms in total. The van der Waals surface area contributed by atoms with Crippen LogP contribution in [-0.4, -0.2) is 61.6 Å². The van der Waals surface area contributed by atoms with E-state index >= 15 is 0 Å². The summed E-state index contributed by atoms with van der Waals surface area (Å²) < 4.78 is 5.68. The number of ether oxygens (including phenoxy) is 1. The number of nitrogens with zero attached hydrogens (tertiary/aromatic N) is 2. The minimum atomic E-state index is 0.0656. The van der Waals surface area contributed by atoms with Crippen molar-refractivity contribution in [2.75, 3.05) is 39.8 Å². The number of rotatable bonds is 4. The lowest BCUT2D eigenvalue weighted by Gasteiger charge is -2.34. The Hall–Kier alpha value is -0.610. The van der Waals surface area contributed by atoms with Gasteiger partial charge in [-0.05, 0) is 6.54 Å². The van der Waals surface area contributed by atoms with Crippen molar-refractivity contribution < 1.29 is 9.53 Å². The van der Waals surface area contributed by atoms with Crippen LogP contribution in [0.25, 0.3) is 0 Å². The van der Waals surface area contributed by atoms with E-state index in [0.717, 1.165) is 26.2 Å². The van der Waals surface area contributed by atoms with Gasteiger partial charge in [0.2, 0.25) is 5.91 Å². The van der Waals surface area contributed by atoms with Crippen LogP contribution in [0.15, 0.2) is 0 Å². The van der Waals surface area contributed by atoms with Crippen molar-refractivity contribution >= 4 is 5.91 Å². The van der Waals surface area contributed by atoms with Gasteiger partial charge in [0.1, 0.15) is 0 Å². The van der Waals surface area contributed by atoms with Crippen LogP contribution in [0.4, 0.5) is 0 Å². The van der Waals surface area contributed by atoms with Crippen LogP contribution >= 0.6 is 0 Å². The van der Waals surface area contributed by atoms with E-state index in [-0.39, 0.29) is 17.9 Å². The van der Waals surface area contributed by atoms with E-state index in [1.54, 1.807) is 4.90 Å². The molecule has 0 bridgehead atoms. The molecule has 0 saturated carbocycles. The fraction of sp³-hybridized carbons (Fsp3) is 0.929. The van der Waals surface area contributed by atoms with Crippen LogP contribution in [-0.2, 0) is 9.53 Å². The molecular formula is C14H30N2O2. The van der Waals surface area contributed by atoms with Crippen LogP contribution in [0.2, 0.25) is 0 Å². The first-order chi connectivity index (χ1) is 8.54. The molecule has 0 aromatic carbocycles. The molecule has 1 amide bonds. The van der Waals surface area contributed by atoms with Crippen LogP contribution in [0.5, 0.6) is 0 Å². The van der Waals surface area contributed by atoms with E-state index in [2.05, 4.69) is 11.8 Å². The lowest BCUT2D eigenvalue weighted by atomic mass is 10.2. The molecule has 0 radical (unpaired) electrons. The number of hydrogen-bond acceptors (Lipinski definition) is 3. The molecule has 1 saturated heterocycles. The zero-order valence-corrected chi connectivity index (χ0v) is 12.9. The number of carbonyl (C=O) groups excluding carboxylic acids is 1. The summed E-state index contributed by atoms with van der Waals surface area (Å²) in [5.41, 5.74) is 0. The smallest absolute Gasteiger partial charge is 0.224 e. The van der Waals surface area contributed by atoms with Crippen LogP contribution in [0, 0.1) is 5.92 Å². The third-order valence-electron chi connectivity index (χ3n) is 3.02. The highest BCUT2D eigenvalue weighted by atomic mass is 16.5. The van der Waals surface area contributed by atoms with Gasteiger partial charge in [0.15, 0.2) is 0 Å². The maximum atomic E-state index is 11.7. The van der Waals surface area contributed by atoms with Crippen molar-refractivity contribution in [1.82, 2.24) is 9.80 Å². The summed E-state index contributed by atoms with van der Waals surface area (Å²) in [5, 5.41) is 0. The van der Waals surface area contributed by atoms with Gasteiger partial charge in [0.25, 0.3) is 0 Å². The molecule has 0 spiro atoms. The first-order valence-electron chi connectivity index (χ1n) is 7.13. The third-order valence-corrected chi connectivity index (χ3v) is 3.02. The average Bonchev–Trinajstić information content (AvgIpc) is 2.40. The Labute approximate surface area is 112 Å². The Morgan fingerprint density at radius 1 is 1.44 bits per heavy atom. The topological polar surface area (TPSA) is 32.8 Å². The van der Waals surface area contributed by atoms with Crippen molar-refractivity contribution in [3.63, 3.8) is 0 Å². The molecular weight excluding hydrogens is 228 g/mol. The minimum Gasteiger partial charge on any atom is -0.374 e. The van der Waals surface area contributed by atoms with Crippen molar-refractivity contribution in [2.45, 2.75) is 40.7 Å². The molecule has 1 atom stereocenters. The molecule has 1 aliphatic rings. The highest BCUT2D eigenvalue weighted by Crippen LogP contribution is 2.08. The second kappa shape index (κ2) is 9.34. The molecule has 0 aromatic rings. The summed E-state index contributed by atoms with van der Waals surface area (Å²) in [4.78, 5) is 15.9. The Kier molecular flexibility index (Phi) is 9.02. The molecule has 4 heteroatoms. The lowest BCUT2D eigenvalue weighted by molar-refractivity contribution is -0.136. The Morgan fingerprint density at radius 2 is 2.06 bits per heavy atom. The predicted octanol–water partition coefficient (Wildman–Crippen LogP) is 1.85. The number of carbonyl (C=O) groups is 1. The van der Waals surface area contributed by atoms with Gasteiger partial charge in [0, 0.05) is 32.6 Å². The van der Waals surface area contributed by atoms with E-state index in [4.69, 9.17) is 4.74 Å². The first-order valence-corrected chi connectivity index (χ1v) is 7.13. The fourth-order valence-corrected chi connectivity index (χ4v) is 2.01. The number of hydrogen-bond donors (Lipinski definition) is 0. The molecule has 1 rings (SSSR count). The zero-order chi connectivity index (χ0) is 14.1. The van der Waals surface area contributed by atoms with Crippen LogP contribution < -0.4 is 0 Å². The first kappa shape index (κ1) is 17.4. The lowest BCUT2D eigenvalue weighted by Crippen LogP contribution is -2.48. The van der Waals surface area contributed by atoms with Gasteiger partial charge in [-0.15, -0.1) is 0 Å². The monoisotopic (exact) mass is 258 g/mol. The Bertz CT molecular complexity index is 232. The largest absolute Gasteiger partial charge is 0.374 e. The summed E-state index contributed by atoms with van der Waals surface area (Å²) in [6.45, 7) is 14.5. The van der Waals surface area contributed by atoms with Gasteiger partial charge < -0.3 is 9.64 Å². The van der Waals surface area contributed by atoms with Crippen LogP contribution in [0.3, 0.4) is 0 Å². The summed E-state index contributed by atoms with van der Waals surface area (Å²) in [7, 11) is 1.86. The molecule has 0 N–H and O–H groups in total. The second-order valence-electron chi connectivity index (χ2n) is 4.76. The molecule has 18 heavy (non-hydrogen) atoms. The van der Waals surface area contributed by atoms with Crippen molar-refractivity contribution in [2.24, 2.45) is 5.92 Å². The fourth-order valence-electron chi connectivity index (χ4n) is 2.01. The standard InChI is InChI=1S/C12H24N2O2.C2H6/c1-5-14-6-7-16-11(9-14)8-13(4)12(15)10(2)3;1-2/h10-11H,5-9H2,1-4H3;1-2H3. The molecule has 1 heterocycles. The summed E-state index contributed by atoms with van der Waals surface area (Å²) in [6.07, 6.45) is 0.168. The third kappa shape index (κ3) is 5.83. The van der Waals surface area contributed by atoms with Crippen molar-refractivity contribution in [3.05, 3.63) is 0 Å². The highest BCUT2D eigenvalue weighted by molar-refractivity contribution is 5.77. The quantitative estimate of drug-likeness (QED) is 0.771. The van der Waals surface area contributed by atoms with E-state index < -0.39 is 0 Å². The molecule has 1 unspecified atom stereocenters. The van der Waals surface area contributed by atoms with Gasteiger partial charge in [0.05, 0.1) is 12.7 Å². The maximum Gasteiger partial charge on any atom is 0.224 e. The predicted molar refractivity (Wildman–Crippen MR) is 75.7 cm³/mol. The van der Waals surface area contributed by atoms with Crippen molar-refractivity contribution in [1.29, 1.82) is 0 Å². The summed E-state index contributed by atoms with van der Waals surface area (Å²) >= 11 is 0. The van der Waals surface area contributed by atoms with Gasteiger partial charge in [-0.2, -0.15) is 0 Å². The van der Waals surface area contributed by atoms with Gasteiger partial charge in [-0.25, -0.2) is 0 Å². The van der Waals surface area contributed by atoms with E-state index in [1.165, 1.54) is 0 Å². The van der Waals surface area contributed by atoms with E-state index in [1.807, 2.05) is 34.7 Å². The van der Waals surface area contributed by atoms with Gasteiger partial charge >= 0.3 is 0 Å². The number of likely N-dealkylation sites (N-methyl/N-ethyl adjacent to an activating group) is 2. The Morgan fingerprint density at radius 3 is 2.56 bits per heavy atom.